The van der Waals surface area contributed by atoms with Crippen LogP contribution >= 0.6 is 0 Å². The molecule has 240 valence electrons. The molecule has 0 aliphatic carbocycles. The van der Waals surface area contributed by atoms with Crippen LogP contribution in [0, 0.1) is 5.92 Å². The average Bonchev–Trinajstić information content (AvgIpc) is 2.94. The molecule has 0 unspecified atom stereocenters. The van der Waals surface area contributed by atoms with Crippen LogP contribution in [0.1, 0.15) is 55.3 Å². The van der Waals surface area contributed by atoms with E-state index in [9.17, 15) is 34.2 Å². The highest BCUT2D eigenvalue weighted by Gasteiger charge is 2.31. The van der Waals surface area contributed by atoms with Crippen LogP contribution in [0.3, 0.4) is 0 Å². The van der Waals surface area contributed by atoms with Crippen LogP contribution in [0.15, 0.2) is 60.7 Å². The largest absolute Gasteiger partial charge is 0.548 e. The lowest BCUT2D eigenvalue weighted by atomic mass is 10.0. The van der Waals surface area contributed by atoms with Gasteiger partial charge in [0.05, 0.1) is 48.9 Å². The fourth-order valence-corrected chi connectivity index (χ4v) is 3.63. The molecule has 0 heterocycles. The Bertz CT molecular complexity index is 1250. The van der Waals surface area contributed by atoms with E-state index in [2.05, 4.69) is 16.1 Å². The van der Waals surface area contributed by atoms with E-state index in [1.165, 1.54) is 12.1 Å². The van der Waals surface area contributed by atoms with Gasteiger partial charge in [0.25, 0.3) is 0 Å². The maximum atomic E-state index is 13.3. The minimum absolute atomic E-state index is 0.153. The lowest BCUT2D eigenvalue weighted by Gasteiger charge is -2.30. The molecule has 44 heavy (non-hydrogen) atoms. The summed E-state index contributed by atoms with van der Waals surface area (Å²) in [6, 6.07) is 13.1. The number of benzene rings is 2. The number of rotatable bonds is 15. The zero-order valence-electron chi connectivity index (χ0n) is 25.3. The van der Waals surface area contributed by atoms with Crippen molar-refractivity contribution in [1.29, 1.82) is 0 Å². The van der Waals surface area contributed by atoms with Gasteiger partial charge in [-0.2, -0.15) is 5.48 Å². The minimum atomic E-state index is -1.54. The third kappa shape index (κ3) is 12.8. The molecule has 0 saturated carbocycles. The fraction of sp³-hybridized carbons (Fsp3) is 0.433. The lowest BCUT2D eigenvalue weighted by Crippen LogP contribution is -2.59. The highest BCUT2D eigenvalue weighted by molar-refractivity contribution is 5.90. The summed E-state index contributed by atoms with van der Waals surface area (Å²) in [6.45, 7) is 6.65. The van der Waals surface area contributed by atoms with Crippen LogP contribution in [0.25, 0.3) is 0 Å². The molecular weight excluding hydrogens is 576 g/mol. The molecule has 0 aliphatic heterocycles. The molecule has 3 atom stereocenters. The van der Waals surface area contributed by atoms with Gasteiger partial charge in [-0.15, -0.1) is 5.06 Å². The number of ether oxygens (including phenoxy) is 1. The number of hydrogen-bond acceptors (Lipinski definition) is 12. The first kappa shape index (κ1) is 35.7. The Labute approximate surface area is 255 Å². The van der Waals surface area contributed by atoms with Gasteiger partial charge in [-0.1, -0.05) is 50.2 Å². The van der Waals surface area contributed by atoms with Crippen molar-refractivity contribution in [1.82, 2.24) is 21.2 Å². The molecule has 0 saturated heterocycles. The van der Waals surface area contributed by atoms with Gasteiger partial charge < -0.3 is 40.1 Å². The summed E-state index contributed by atoms with van der Waals surface area (Å²) in [5.74, 6) is -4.58. The highest BCUT2D eigenvalue weighted by atomic mass is 16.7. The van der Waals surface area contributed by atoms with Gasteiger partial charge in [0.2, 0.25) is 5.91 Å². The van der Waals surface area contributed by atoms with E-state index in [4.69, 9.17) is 14.4 Å². The number of aliphatic hydroxyl groups is 1. The van der Waals surface area contributed by atoms with Crippen LogP contribution < -0.4 is 21.2 Å². The Balaban J connectivity index is 2.24. The molecule has 0 spiro atoms. The average molecular weight is 616 g/mol. The Kier molecular flexibility index (Phi) is 13.7. The first-order valence-corrected chi connectivity index (χ1v) is 13.9. The Hall–Kier alpha value is -4.53. The number of carbonyl (C=O) groups excluding carboxylic acids is 5. The number of alkyl carbamates (subject to hydrolysis) is 1. The monoisotopic (exact) mass is 615 g/mol. The van der Waals surface area contributed by atoms with Crippen LogP contribution in [-0.2, 0) is 24.0 Å². The third-order valence-corrected chi connectivity index (χ3v) is 5.74. The van der Waals surface area contributed by atoms with E-state index in [0.29, 0.717) is 0 Å². The van der Waals surface area contributed by atoms with Crippen LogP contribution in [0.4, 0.5) is 4.79 Å². The van der Waals surface area contributed by atoms with E-state index in [1.54, 1.807) is 83.1 Å². The summed E-state index contributed by atoms with van der Waals surface area (Å²) in [4.78, 5) is 73.0. The number of carbonyl (C=O) groups is 5. The number of aliphatic carboxylic acids is 1. The minimum Gasteiger partial charge on any atom is -0.548 e. The number of amides is 2. The summed E-state index contributed by atoms with van der Waals surface area (Å²) in [5, 5.41) is 27.9. The smallest absolute Gasteiger partial charge is 0.408 e. The van der Waals surface area contributed by atoms with Crippen molar-refractivity contribution in [3.05, 3.63) is 71.8 Å². The second-order valence-corrected chi connectivity index (χ2v) is 11.1. The molecule has 0 bridgehead atoms. The number of hydroxylamine groups is 3. The van der Waals surface area contributed by atoms with E-state index in [0.717, 1.165) is 5.06 Å². The van der Waals surface area contributed by atoms with Gasteiger partial charge >= 0.3 is 18.0 Å². The summed E-state index contributed by atoms with van der Waals surface area (Å²) in [5.41, 5.74) is 1.84. The van der Waals surface area contributed by atoms with Crippen molar-refractivity contribution in [2.24, 2.45) is 5.92 Å². The number of nitrogens with one attached hydrogen (secondary N) is 3. The topological polar surface area (TPSA) is 196 Å². The zero-order chi connectivity index (χ0) is 32.9. The predicted octanol–water partition coefficient (Wildman–Crippen LogP) is 0.567. The first-order chi connectivity index (χ1) is 20.7. The van der Waals surface area contributed by atoms with Crippen molar-refractivity contribution in [3.8, 4) is 0 Å². The van der Waals surface area contributed by atoms with Crippen molar-refractivity contribution < 1.29 is 48.6 Å². The summed E-state index contributed by atoms with van der Waals surface area (Å²) >= 11 is 0. The Morgan fingerprint density at radius 1 is 0.864 bits per heavy atom. The number of hydrogen-bond donors (Lipinski definition) is 4. The summed E-state index contributed by atoms with van der Waals surface area (Å²) in [6.07, 6.45) is -2.34. The Morgan fingerprint density at radius 2 is 1.41 bits per heavy atom. The molecule has 0 radical (unpaired) electrons. The van der Waals surface area contributed by atoms with Crippen molar-refractivity contribution in [2.75, 3.05) is 19.6 Å². The molecule has 14 nitrogen and oxygen atoms in total. The van der Waals surface area contributed by atoms with Crippen LogP contribution in [0.2, 0.25) is 0 Å². The van der Waals surface area contributed by atoms with Crippen molar-refractivity contribution in [3.63, 3.8) is 0 Å². The van der Waals surface area contributed by atoms with E-state index < -0.39 is 72.7 Å². The van der Waals surface area contributed by atoms with E-state index in [1.807, 2.05) is 0 Å². The van der Waals surface area contributed by atoms with Gasteiger partial charge in [0.15, 0.2) is 0 Å². The molecular formula is C30H39N4O10-. The molecule has 2 rings (SSSR count). The van der Waals surface area contributed by atoms with Crippen molar-refractivity contribution >= 4 is 29.9 Å². The van der Waals surface area contributed by atoms with E-state index in [-0.39, 0.29) is 17.7 Å². The number of carboxylic acid groups (broad SMARTS) is 1. The van der Waals surface area contributed by atoms with Crippen LogP contribution in [-0.4, -0.2) is 83.5 Å². The molecule has 14 heteroatoms. The summed E-state index contributed by atoms with van der Waals surface area (Å²) in [7, 11) is 0. The number of aliphatic hydroxyl groups excluding tert-OH is 1. The SMILES string of the molecule is CC(C)[C@H](NC(=O)[C@H](CN(C[C@H](O)CNOC(=O)c1ccccc1)OC(=O)c1ccccc1)NC(=O)OC(C)(C)C)C(=O)[O-]. The second-order valence-electron chi connectivity index (χ2n) is 11.1. The molecule has 0 aliphatic rings. The number of nitrogens with zero attached hydrogens (tertiary/aromatic N) is 1. The zero-order valence-corrected chi connectivity index (χ0v) is 25.3. The first-order valence-electron chi connectivity index (χ1n) is 13.9. The van der Waals surface area contributed by atoms with Gasteiger partial charge in [-0.3, -0.25) is 4.79 Å². The third-order valence-electron chi connectivity index (χ3n) is 5.74. The molecule has 0 fully saturated rings. The lowest BCUT2D eigenvalue weighted by molar-refractivity contribution is -0.309. The highest BCUT2D eigenvalue weighted by Crippen LogP contribution is 2.10. The van der Waals surface area contributed by atoms with Gasteiger partial charge in [-0.25, -0.2) is 14.4 Å². The number of carboxylic acids is 1. The molecule has 0 aromatic heterocycles. The fourth-order valence-electron chi connectivity index (χ4n) is 3.63. The maximum absolute atomic E-state index is 13.3. The van der Waals surface area contributed by atoms with E-state index >= 15 is 0 Å². The molecule has 4 N–H and O–H groups in total. The van der Waals surface area contributed by atoms with Gasteiger partial charge in [-0.05, 0) is 51.0 Å². The summed E-state index contributed by atoms with van der Waals surface area (Å²) < 4.78 is 5.25. The Morgan fingerprint density at radius 3 is 1.91 bits per heavy atom. The predicted molar refractivity (Wildman–Crippen MR) is 154 cm³/mol. The standard InChI is InChI=1S/C30H40N4O10/c1-19(2)24(26(37)38)33-25(36)23(32-29(41)42-30(3,4)5)18-34(44-28(40)21-14-10-7-11-15-21)17-22(35)16-31-43-27(39)20-12-8-6-9-13-20/h6-15,19,22-24,31,35H,16-18H2,1-5H3,(H,32,41)(H,33,36)(H,37,38)/p-1/t22-,23+,24+/m1/s1. The molecule has 2 aromatic carbocycles. The second kappa shape index (κ2) is 16.9. The van der Waals surface area contributed by atoms with Gasteiger partial charge in [0.1, 0.15) is 11.6 Å². The normalized spacial score (nSPS) is 13.4. The molecule has 2 amide bonds. The van der Waals surface area contributed by atoms with Gasteiger partial charge in [0, 0.05) is 0 Å². The maximum Gasteiger partial charge on any atom is 0.408 e. The van der Waals surface area contributed by atoms with Crippen LogP contribution in [0.5, 0.6) is 0 Å². The molecule has 2 aromatic rings. The van der Waals surface area contributed by atoms with Crippen molar-refractivity contribution in [2.45, 2.75) is 58.4 Å². The quantitative estimate of drug-likeness (QED) is 0.204.